The number of nitrogens with two attached hydrogens (primary N) is 2. The standard InChI is InChI=1S/C14H30N4/c15-9-1-11-17-13(3-4-13)7-8-14(5-6-14)18-12-2-10-16/h17-18H,1-12,15-16H2. The van der Waals surface area contributed by atoms with Crippen molar-refractivity contribution in [3.05, 3.63) is 0 Å². The summed E-state index contributed by atoms with van der Waals surface area (Å²) in [5, 5.41) is 7.42. The van der Waals surface area contributed by atoms with Crippen LogP contribution in [0.4, 0.5) is 0 Å². The molecule has 0 atom stereocenters. The average molecular weight is 254 g/mol. The van der Waals surface area contributed by atoms with Crippen molar-refractivity contribution in [2.75, 3.05) is 26.2 Å². The molecule has 0 aliphatic heterocycles. The molecule has 0 spiro atoms. The summed E-state index contributed by atoms with van der Waals surface area (Å²) in [7, 11) is 0. The van der Waals surface area contributed by atoms with Crippen molar-refractivity contribution in [1.82, 2.24) is 10.6 Å². The molecule has 0 bridgehead atoms. The fourth-order valence-corrected chi connectivity index (χ4v) is 2.72. The zero-order chi connectivity index (χ0) is 12.9. The van der Waals surface area contributed by atoms with Gasteiger partial charge < -0.3 is 22.1 Å². The summed E-state index contributed by atoms with van der Waals surface area (Å²) in [5.74, 6) is 0. The Hall–Kier alpha value is -0.160. The highest BCUT2D eigenvalue weighted by Crippen LogP contribution is 2.46. The molecule has 0 unspecified atom stereocenters. The summed E-state index contributed by atoms with van der Waals surface area (Å²) in [4.78, 5) is 0. The third kappa shape index (κ3) is 4.19. The Balaban J connectivity index is 1.62. The Kier molecular flexibility index (Phi) is 5.01. The molecule has 2 rings (SSSR count). The highest BCUT2D eigenvalue weighted by molar-refractivity contribution is 5.08. The van der Waals surface area contributed by atoms with Gasteiger partial charge in [-0.25, -0.2) is 0 Å². The van der Waals surface area contributed by atoms with E-state index in [9.17, 15) is 0 Å². The van der Waals surface area contributed by atoms with Crippen LogP contribution < -0.4 is 22.1 Å². The van der Waals surface area contributed by atoms with E-state index in [4.69, 9.17) is 11.5 Å². The average Bonchev–Trinajstić information content (AvgIpc) is 3.25. The summed E-state index contributed by atoms with van der Waals surface area (Å²) in [6.45, 7) is 3.77. The van der Waals surface area contributed by atoms with Gasteiger partial charge in [-0.05, 0) is 77.5 Å². The van der Waals surface area contributed by atoms with E-state index in [1.165, 1.54) is 38.5 Å². The van der Waals surface area contributed by atoms with Crippen LogP contribution in [0.2, 0.25) is 0 Å². The second kappa shape index (κ2) is 6.33. The molecular formula is C14H30N4. The van der Waals surface area contributed by atoms with Gasteiger partial charge in [-0.2, -0.15) is 0 Å². The van der Waals surface area contributed by atoms with Crippen LogP contribution in [0.15, 0.2) is 0 Å². The van der Waals surface area contributed by atoms with E-state index in [1.807, 2.05) is 0 Å². The number of rotatable bonds is 11. The van der Waals surface area contributed by atoms with Crippen LogP contribution in [0, 0.1) is 0 Å². The maximum atomic E-state index is 5.54. The third-order valence-electron chi connectivity index (χ3n) is 4.55. The first-order chi connectivity index (χ1) is 8.74. The van der Waals surface area contributed by atoms with Crippen molar-refractivity contribution < 1.29 is 0 Å². The van der Waals surface area contributed by atoms with Crippen molar-refractivity contribution in [3.8, 4) is 0 Å². The van der Waals surface area contributed by atoms with Gasteiger partial charge in [0.15, 0.2) is 0 Å². The normalized spacial score (nSPS) is 23.0. The van der Waals surface area contributed by atoms with Crippen molar-refractivity contribution in [3.63, 3.8) is 0 Å². The maximum absolute atomic E-state index is 5.54. The Bertz CT molecular complexity index is 220. The second-order valence-electron chi connectivity index (χ2n) is 6.20. The van der Waals surface area contributed by atoms with Gasteiger partial charge in [0, 0.05) is 11.1 Å². The number of nitrogens with one attached hydrogen (secondary N) is 2. The van der Waals surface area contributed by atoms with E-state index < -0.39 is 0 Å². The summed E-state index contributed by atoms with van der Waals surface area (Å²) in [6.07, 6.45) is 10.3. The zero-order valence-corrected chi connectivity index (χ0v) is 11.6. The van der Waals surface area contributed by atoms with Crippen LogP contribution >= 0.6 is 0 Å². The van der Waals surface area contributed by atoms with Gasteiger partial charge in [0.25, 0.3) is 0 Å². The van der Waals surface area contributed by atoms with Gasteiger partial charge in [-0.3, -0.25) is 0 Å². The molecule has 0 amide bonds. The molecule has 0 radical (unpaired) electrons. The monoisotopic (exact) mass is 254 g/mol. The highest BCUT2D eigenvalue weighted by atomic mass is 15.0. The number of hydrogen-bond donors (Lipinski definition) is 4. The second-order valence-corrected chi connectivity index (χ2v) is 6.20. The first kappa shape index (κ1) is 14.3. The number of hydrogen-bond acceptors (Lipinski definition) is 4. The largest absolute Gasteiger partial charge is 0.330 e. The quantitative estimate of drug-likeness (QED) is 0.410. The first-order valence-corrected chi connectivity index (χ1v) is 7.64. The van der Waals surface area contributed by atoms with Crippen LogP contribution in [-0.2, 0) is 0 Å². The summed E-state index contributed by atoms with van der Waals surface area (Å²) in [6, 6.07) is 0. The molecule has 0 heterocycles. The first-order valence-electron chi connectivity index (χ1n) is 7.64. The van der Waals surface area contributed by atoms with E-state index in [0.717, 1.165) is 39.0 Å². The predicted molar refractivity (Wildman–Crippen MR) is 76.5 cm³/mol. The van der Waals surface area contributed by atoms with Crippen molar-refractivity contribution in [2.24, 2.45) is 11.5 Å². The summed E-state index contributed by atoms with van der Waals surface area (Å²) in [5.41, 5.74) is 12.0. The zero-order valence-electron chi connectivity index (χ0n) is 11.6. The van der Waals surface area contributed by atoms with Crippen molar-refractivity contribution in [2.45, 2.75) is 62.4 Å². The molecule has 2 aliphatic rings. The molecular weight excluding hydrogens is 224 g/mol. The van der Waals surface area contributed by atoms with Crippen LogP contribution in [0.3, 0.4) is 0 Å². The Morgan fingerprint density at radius 1 is 0.722 bits per heavy atom. The minimum absolute atomic E-state index is 0.473. The van der Waals surface area contributed by atoms with Crippen LogP contribution in [0.5, 0.6) is 0 Å². The molecule has 106 valence electrons. The van der Waals surface area contributed by atoms with E-state index >= 15 is 0 Å². The lowest BCUT2D eigenvalue weighted by atomic mass is 10.0. The lowest BCUT2D eigenvalue weighted by Gasteiger charge is -2.22. The fraction of sp³-hybridized carbons (Fsp3) is 1.00. The molecule has 0 saturated heterocycles. The van der Waals surface area contributed by atoms with E-state index in [1.54, 1.807) is 0 Å². The van der Waals surface area contributed by atoms with Gasteiger partial charge >= 0.3 is 0 Å². The Labute approximate surface area is 111 Å². The minimum Gasteiger partial charge on any atom is -0.330 e. The molecule has 0 aromatic carbocycles. The Morgan fingerprint density at radius 2 is 1.11 bits per heavy atom. The molecule has 0 aromatic heterocycles. The summed E-state index contributed by atoms with van der Waals surface area (Å²) < 4.78 is 0. The smallest absolute Gasteiger partial charge is 0.0183 e. The molecule has 2 fully saturated rings. The molecule has 4 heteroatoms. The predicted octanol–water partition coefficient (Wildman–Crippen LogP) is 0.709. The van der Waals surface area contributed by atoms with E-state index in [-0.39, 0.29) is 0 Å². The molecule has 2 aliphatic carbocycles. The molecule has 18 heavy (non-hydrogen) atoms. The fourth-order valence-electron chi connectivity index (χ4n) is 2.72. The van der Waals surface area contributed by atoms with Crippen LogP contribution in [-0.4, -0.2) is 37.3 Å². The van der Waals surface area contributed by atoms with E-state index in [2.05, 4.69) is 10.6 Å². The van der Waals surface area contributed by atoms with Gasteiger partial charge in [-0.15, -0.1) is 0 Å². The van der Waals surface area contributed by atoms with E-state index in [0.29, 0.717) is 11.1 Å². The van der Waals surface area contributed by atoms with Crippen molar-refractivity contribution >= 4 is 0 Å². The maximum Gasteiger partial charge on any atom is 0.0183 e. The minimum atomic E-state index is 0.473. The molecule has 4 nitrogen and oxygen atoms in total. The van der Waals surface area contributed by atoms with Gasteiger partial charge in [0.2, 0.25) is 0 Å². The SMILES string of the molecule is NCCCNC1(CCC2(NCCCN)CC2)CC1. The molecule has 0 aromatic rings. The van der Waals surface area contributed by atoms with Crippen LogP contribution in [0.1, 0.15) is 51.4 Å². The van der Waals surface area contributed by atoms with Gasteiger partial charge in [0.1, 0.15) is 0 Å². The summed E-state index contributed by atoms with van der Waals surface area (Å²) >= 11 is 0. The van der Waals surface area contributed by atoms with Gasteiger partial charge in [-0.1, -0.05) is 0 Å². The van der Waals surface area contributed by atoms with Crippen LogP contribution in [0.25, 0.3) is 0 Å². The Morgan fingerprint density at radius 3 is 1.39 bits per heavy atom. The highest BCUT2D eigenvalue weighted by Gasteiger charge is 2.47. The molecule has 2 saturated carbocycles. The molecule has 6 N–H and O–H groups in total. The topological polar surface area (TPSA) is 76.1 Å². The van der Waals surface area contributed by atoms with Crippen molar-refractivity contribution in [1.29, 1.82) is 0 Å². The third-order valence-corrected chi connectivity index (χ3v) is 4.55. The lowest BCUT2D eigenvalue weighted by Crippen LogP contribution is -2.38. The van der Waals surface area contributed by atoms with Gasteiger partial charge in [0.05, 0.1) is 0 Å². The lowest BCUT2D eigenvalue weighted by molar-refractivity contribution is 0.381.